The van der Waals surface area contributed by atoms with Crippen LogP contribution in [0, 0.1) is 0 Å². The van der Waals surface area contributed by atoms with Crippen molar-refractivity contribution in [3.05, 3.63) is 0 Å². The molecule has 0 aromatic heterocycles. The number of hydrogen-bond acceptors (Lipinski definition) is 5. The van der Waals surface area contributed by atoms with Gasteiger partial charge in [0.05, 0.1) is 0 Å². The van der Waals surface area contributed by atoms with Gasteiger partial charge in [0.1, 0.15) is 23.9 Å². The molecule has 2 aliphatic rings. The summed E-state index contributed by atoms with van der Waals surface area (Å²) < 4.78 is 10.8. The van der Waals surface area contributed by atoms with Gasteiger partial charge in [-0.15, -0.1) is 0 Å². The van der Waals surface area contributed by atoms with Gasteiger partial charge in [-0.1, -0.05) is 19.3 Å². The summed E-state index contributed by atoms with van der Waals surface area (Å²) in [7, 11) is 1.50. The van der Waals surface area contributed by atoms with Gasteiger partial charge in [0.2, 0.25) is 0 Å². The Labute approximate surface area is 95.0 Å². The Balaban J connectivity index is 2.21. The van der Waals surface area contributed by atoms with Crippen LogP contribution in [0.5, 0.6) is 0 Å². The molecule has 2 fully saturated rings. The summed E-state index contributed by atoms with van der Waals surface area (Å²) in [6.45, 7) is 0. The first-order valence-corrected chi connectivity index (χ1v) is 5.85. The lowest BCUT2D eigenvalue weighted by molar-refractivity contribution is -0.330. The maximum Gasteiger partial charge on any atom is 0.184 e. The number of ether oxygens (including phenoxy) is 2. The molecule has 1 aliphatic heterocycles. The fraction of sp³-hybridized carbons (Fsp3) is 1.00. The van der Waals surface area contributed by atoms with Crippen molar-refractivity contribution < 1.29 is 24.8 Å². The highest BCUT2D eigenvalue weighted by Gasteiger charge is 2.54. The highest BCUT2D eigenvalue weighted by molar-refractivity contribution is 5.01. The summed E-state index contributed by atoms with van der Waals surface area (Å²) in [5.41, 5.74) is -0.634. The van der Waals surface area contributed by atoms with Crippen molar-refractivity contribution in [2.24, 2.45) is 0 Å². The standard InChI is InChI=1S/C11H20O5/c1-15-9-7(12)8(13)10(14)16-11(9)5-3-2-4-6-11/h7-10,12-14H,2-6H2,1H3/t7-,8+,9+,10?/m0/s1. The third-order valence-corrected chi connectivity index (χ3v) is 3.78. The molecule has 1 saturated heterocycles. The molecule has 0 amide bonds. The molecule has 5 heteroatoms. The minimum Gasteiger partial charge on any atom is -0.387 e. The van der Waals surface area contributed by atoms with E-state index in [0.29, 0.717) is 0 Å². The topological polar surface area (TPSA) is 79.2 Å². The summed E-state index contributed by atoms with van der Waals surface area (Å²) in [5.74, 6) is 0. The second-order valence-electron chi connectivity index (χ2n) is 4.77. The molecule has 3 N–H and O–H groups in total. The first-order valence-electron chi connectivity index (χ1n) is 5.85. The maximum atomic E-state index is 9.91. The van der Waals surface area contributed by atoms with Crippen molar-refractivity contribution in [3.8, 4) is 0 Å². The Bertz CT molecular complexity index is 239. The third-order valence-electron chi connectivity index (χ3n) is 3.78. The van der Waals surface area contributed by atoms with Crippen molar-refractivity contribution in [1.82, 2.24) is 0 Å². The normalized spacial score (nSPS) is 43.5. The fourth-order valence-corrected chi connectivity index (χ4v) is 2.94. The molecule has 0 radical (unpaired) electrons. The van der Waals surface area contributed by atoms with Crippen LogP contribution in [-0.4, -0.2) is 52.6 Å². The zero-order valence-corrected chi connectivity index (χ0v) is 9.50. The van der Waals surface area contributed by atoms with E-state index in [4.69, 9.17) is 9.47 Å². The fourth-order valence-electron chi connectivity index (χ4n) is 2.94. The quantitative estimate of drug-likeness (QED) is 0.582. The van der Waals surface area contributed by atoms with Gasteiger partial charge in [-0.2, -0.15) is 0 Å². The smallest absolute Gasteiger partial charge is 0.184 e. The van der Waals surface area contributed by atoms with Gasteiger partial charge >= 0.3 is 0 Å². The molecule has 1 saturated carbocycles. The lowest BCUT2D eigenvalue weighted by Gasteiger charge is -2.50. The lowest BCUT2D eigenvalue weighted by Crippen LogP contribution is -2.65. The SMILES string of the molecule is CO[C@@H]1[C@@H](O)[C@@H](O)C(O)OC12CCCCC2. The summed E-state index contributed by atoms with van der Waals surface area (Å²) in [5, 5.41) is 29.1. The van der Waals surface area contributed by atoms with E-state index in [1.165, 1.54) is 7.11 Å². The van der Waals surface area contributed by atoms with E-state index in [1.54, 1.807) is 0 Å². The highest BCUT2D eigenvalue weighted by atomic mass is 16.7. The summed E-state index contributed by atoms with van der Waals surface area (Å²) >= 11 is 0. The van der Waals surface area contributed by atoms with E-state index in [1.807, 2.05) is 0 Å². The molecular formula is C11H20O5. The van der Waals surface area contributed by atoms with Gasteiger partial charge in [0.25, 0.3) is 0 Å². The summed E-state index contributed by atoms with van der Waals surface area (Å²) in [6.07, 6.45) is 0.370. The largest absolute Gasteiger partial charge is 0.387 e. The van der Waals surface area contributed by atoms with Crippen molar-refractivity contribution in [3.63, 3.8) is 0 Å². The van der Waals surface area contributed by atoms with E-state index in [-0.39, 0.29) is 0 Å². The highest BCUT2D eigenvalue weighted by Crippen LogP contribution is 2.41. The monoisotopic (exact) mass is 232 g/mol. The van der Waals surface area contributed by atoms with Crippen LogP contribution >= 0.6 is 0 Å². The molecule has 1 unspecified atom stereocenters. The maximum absolute atomic E-state index is 9.91. The van der Waals surface area contributed by atoms with Crippen LogP contribution in [0.15, 0.2) is 0 Å². The second-order valence-corrected chi connectivity index (χ2v) is 4.77. The van der Waals surface area contributed by atoms with Crippen LogP contribution < -0.4 is 0 Å². The van der Waals surface area contributed by atoms with Gasteiger partial charge in [-0.3, -0.25) is 0 Å². The molecule has 5 nitrogen and oxygen atoms in total. The molecule has 1 aliphatic carbocycles. The van der Waals surface area contributed by atoms with Crippen LogP contribution in [0.1, 0.15) is 32.1 Å². The summed E-state index contributed by atoms with van der Waals surface area (Å²) in [6, 6.07) is 0. The van der Waals surface area contributed by atoms with Crippen molar-refractivity contribution in [2.75, 3.05) is 7.11 Å². The van der Waals surface area contributed by atoms with E-state index in [9.17, 15) is 15.3 Å². The van der Waals surface area contributed by atoms with Crippen LogP contribution in [-0.2, 0) is 9.47 Å². The Morgan fingerprint density at radius 1 is 1.06 bits per heavy atom. The van der Waals surface area contributed by atoms with Crippen molar-refractivity contribution in [2.45, 2.75) is 62.3 Å². The van der Waals surface area contributed by atoms with E-state index in [2.05, 4.69) is 0 Å². The molecule has 0 bridgehead atoms. The zero-order valence-electron chi connectivity index (χ0n) is 9.50. The van der Waals surface area contributed by atoms with E-state index >= 15 is 0 Å². The van der Waals surface area contributed by atoms with Gasteiger partial charge in [0, 0.05) is 7.11 Å². The molecule has 2 rings (SSSR count). The average Bonchev–Trinajstić information content (AvgIpc) is 2.28. The molecular weight excluding hydrogens is 212 g/mol. The minimum absolute atomic E-state index is 0.564. The first-order chi connectivity index (χ1) is 7.60. The lowest BCUT2D eigenvalue weighted by atomic mass is 9.76. The zero-order chi connectivity index (χ0) is 11.8. The van der Waals surface area contributed by atoms with Crippen molar-refractivity contribution in [1.29, 1.82) is 0 Å². The number of rotatable bonds is 1. The van der Waals surface area contributed by atoms with Crippen LogP contribution in [0.3, 0.4) is 0 Å². The Morgan fingerprint density at radius 3 is 2.25 bits per heavy atom. The molecule has 1 spiro atoms. The number of methoxy groups -OCH3 is 1. The Hall–Kier alpha value is -0.200. The molecule has 0 aromatic rings. The predicted octanol–water partition coefficient (Wildman–Crippen LogP) is -0.225. The van der Waals surface area contributed by atoms with Crippen LogP contribution in [0.25, 0.3) is 0 Å². The molecule has 1 heterocycles. The predicted molar refractivity (Wildman–Crippen MR) is 55.7 cm³/mol. The second kappa shape index (κ2) is 4.58. The number of aliphatic hydroxyl groups excluding tert-OH is 3. The average molecular weight is 232 g/mol. The number of hydrogen-bond donors (Lipinski definition) is 3. The van der Waals surface area contributed by atoms with Crippen LogP contribution in [0.4, 0.5) is 0 Å². The first kappa shape index (κ1) is 12.3. The summed E-state index contributed by atoms with van der Waals surface area (Å²) in [4.78, 5) is 0. The Kier molecular flexibility index (Phi) is 3.51. The van der Waals surface area contributed by atoms with Crippen molar-refractivity contribution >= 4 is 0 Å². The van der Waals surface area contributed by atoms with E-state index < -0.39 is 30.2 Å². The molecule has 94 valence electrons. The van der Waals surface area contributed by atoms with Gasteiger partial charge in [-0.25, -0.2) is 0 Å². The molecule has 0 aromatic carbocycles. The van der Waals surface area contributed by atoms with Crippen LogP contribution in [0.2, 0.25) is 0 Å². The number of aliphatic hydroxyl groups is 3. The molecule has 16 heavy (non-hydrogen) atoms. The van der Waals surface area contributed by atoms with E-state index in [0.717, 1.165) is 32.1 Å². The molecule has 4 atom stereocenters. The van der Waals surface area contributed by atoms with Gasteiger partial charge in [-0.05, 0) is 12.8 Å². The van der Waals surface area contributed by atoms with Gasteiger partial charge < -0.3 is 24.8 Å². The van der Waals surface area contributed by atoms with Gasteiger partial charge in [0.15, 0.2) is 6.29 Å². The Morgan fingerprint density at radius 2 is 1.69 bits per heavy atom. The third kappa shape index (κ3) is 1.87. The minimum atomic E-state index is -1.32.